The zero-order chi connectivity index (χ0) is 15.7. The van der Waals surface area contributed by atoms with Gasteiger partial charge in [0.15, 0.2) is 0 Å². The van der Waals surface area contributed by atoms with Gasteiger partial charge in [0.1, 0.15) is 0 Å². The lowest BCUT2D eigenvalue weighted by Gasteiger charge is -2.16. The van der Waals surface area contributed by atoms with Gasteiger partial charge < -0.3 is 4.90 Å². The summed E-state index contributed by atoms with van der Waals surface area (Å²) in [6, 6.07) is 14.4. The van der Waals surface area contributed by atoms with Gasteiger partial charge in [-0.25, -0.2) is 0 Å². The SMILES string of the molecule is CN(C)C(=O)c1ccc(C2CC(c3ccccc3)=NN2C)s1. The number of hydrogen-bond acceptors (Lipinski definition) is 4. The van der Waals surface area contributed by atoms with Gasteiger partial charge in [-0.1, -0.05) is 30.3 Å². The Morgan fingerprint density at radius 3 is 2.64 bits per heavy atom. The first-order chi connectivity index (χ1) is 10.6. The molecule has 0 saturated carbocycles. The van der Waals surface area contributed by atoms with Crippen LogP contribution in [0.3, 0.4) is 0 Å². The molecule has 2 aromatic rings. The molecule has 1 aromatic heterocycles. The van der Waals surface area contributed by atoms with Crippen molar-refractivity contribution in [1.29, 1.82) is 0 Å². The van der Waals surface area contributed by atoms with Crippen molar-refractivity contribution in [1.82, 2.24) is 9.91 Å². The summed E-state index contributed by atoms with van der Waals surface area (Å²) in [4.78, 5) is 15.6. The first-order valence-corrected chi connectivity index (χ1v) is 8.05. The van der Waals surface area contributed by atoms with Gasteiger partial charge in [-0.05, 0) is 17.7 Å². The molecule has 1 atom stereocenters. The molecule has 0 bridgehead atoms. The largest absolute Gasteiger partial charge is 0.344 e. The fraction of sp³-hybridized carbons (Fsp3) is 0.294. The third-order valence-corrected chi connectivity index (χ3v) is 4.97. The smallest absolute Gasteiger partial charge is 0.263 e. The molecule has 3 rings (SSSR count). The van der Waals surface area contributed by atoms with Crippen molar-refractivity contribution in [2.75, 3.05) is 21.1 Å². The molecule has 114 valence electrons. The lowest BCUT2D eigenvalue weighted by atomic mass is 10.0. The number of carbonyl (C=O) groups excluding carboxylic acids is 1. The normalized spacial score (nSPS) is 17.5. The van der Waals surface area contributed by atoms with Gasteiger partial charge in [-0.15, -0.1) is 11.3 Å². The topological polar surface area (TPSA) is 35.9 Å². The minimum atomic E-state index is 0.0566. The quantitative estimate of drug-likeness (QED) is 0.872. The van der Waals surface area contributed by atoms with E-state index in [4.69, 9.17) is 0 Å². The van der Waals surface area contributed by atoms with Crippen molar-refractivity contribution in [3.8, 4) is 0 Å². The molecule has 1 amide bonds. The standard InChI is InChI=1S/C17H19N3OS/c1-19(2)17(21)16-10-9-15(22-16)14-11-13(18-20(14)3)12-7-5-4-6-8-12/h4-10,14H,11H2,1-3H3. The number of amides is 1. The zero-order valence-electron chi connectivity index (χ0n) is 13.0. The minimum Gasteiger partial charge on any atom is -0.344 e. The lowest BCUT2D eigenvalue weighted by molar-refractivity contribution is 0.0832. The summed E-state index contributed by atoms with van der Waals surface area (Å²) in [7, 11) is 5.55. The van der Waals surface area contributed by atoms with Crippen molar-refractivity contribution in [3.05, 3.63) is 57.8 Å². The molecular weight excluding hydrogens is 294 g/mol. The average molecular weight is 313 g/mol. The number of carbonyl (C=O) groups is 1. The predicted octanol–water partition coefficient (Wildman–Crippen LogP) is 3.23. The first-order valence-electron chi connectivity index (χ1n) is 7.23. The number of hydrogen-bond donors (Lipinski definition) is 0. The molecular formula is C17H19N3OS. The van der Waals surface area contributed by atoms with E-state index in [1.54, 1.807) is 30.3 Å². The van der Waals surface area contributed by atoms with Gasteiger partial charge >= 0.3 is 0 Å². The maximum absolute atomic E-state index is 12.0. The van der Waals surface area contributed by atoms with E-state index in [1.807, 2.05) is 42.4 Å². The number of nitrogens with zero attached hydrogens (tertiary/aromatic N) is 3. The Morgan fingerprint density at radius 2 is 1.95 bits per heavy atom. The minimum absolute atomic E-state index is 0.0566. The Kier molecular flexibility index (Phi) is 3.98. The number of rotatable bonds is 3. The molecule has 0 aliphatic carbocycles. The van der Waals surface area contributed by atoms with E-state index in [2.05, 4.69) is 17.2 Å². The third-order valence-electron chi connectivity index (χ3n) is 3.80. The van der Waals surface area contributed by atoms with Crippen LogP contribution in [0.2, 0.25) is 0 Å². The monoisotopic (exact) mass is 313 g/mol. The molecule has 0 radical (unpaired) electrons. The highest BCUT2D eigenvalue weighted by molar-refractivity contribution is 7.14. The fourth-order valence-electron chi connectivity index (χ4n) is 2.57. The molecule has 1 aliphatic heterocycles. The van der Waals surface area contributed by atoms with Crippen LogP contribution in [0.15, 0.2) is 47.6 Å². The Balaban J connectivity index is 1.79. The van der Waals surface area contributed by atoms with E-state index < -0.39 is 0 Å². The third kappa shape index (κ3) is 2.76. The van der Waals surface area contributed by atoms with E-state index in [1.165, 1.54) is 4.88 Å². The fourth-order valence-corrected chi connectivity index (χ4v) is 3.74. The van der Waals surface area contributed by atoms with E-state index in [-0.39, 0.29) is 11.9 Å². The second-order valence-corrected chi connectivity index (χ2v) is 6.72. The number of hydrazone groups is 1. The van der Waals surface area contributed by atoms with Gasteiger partial charge in [0.25, 0.3) is 5.91 Å². The van der Waals surface area contributed by atoms with Crippen LogP contribution in [0.4, 0.5) is 0 Å². The van der Waals surface area contributed by atoms with Crippen LogP contribution in [0.1, 0.15) is 32.6 Å². The summed E-state index contributed by atoms with van der Waals surface area (Å²) in [6.07, 6.45) is 0.872. The molecule has 1 unspecified atom stereocenters. The average Bonchev–Trinajstić information content (AvgIpc) is 3.13. The van der Waals surface area contributed by atoms with Crippen molar-refractivity contribution >= 4 is 23.0 Å². The number of thiophene rings is 1. The van der Waals surface area contributed by atoms with Crippen molar-refractivity contribution in [2.45, 2.75) is 12.5 Å². The highest BCUT2D eigenvalue weighted by atomic mass is 32.1. The molecule has 2 heterocycles. The van der Waals surface area contributed by atoms with Gasteiger partial charge in [0.2, 0.25) is 0 Å². The summed E-state index contributed by atoms with van der Waals surface area (Å²) < 4.78 is 0. The maximum atomic E-state index is 12.0. The molecule has 0 saturated heterocycles. The van der Waals surface area contributed by atoms with E-state index in [9.17, 15) is 4.79 Å². The number of benzene rings is 1. The van der Waals surface area contributed by atoms with E-state index in [0.29, 0.717) is 0 Å². The zero-order valence-corrected chi connectivity index (χ0v) is 13.8. The molecule has 5 heteroatoms. The molecule has 1 aliphatic rings. The van der Waals surface area contributed by atoms with Gasteiger partial charge in [0.05, 0.1) is 16.6 Å². The molecule has 4 nitrogen and oxygen atoms in total. The first kappa shape index (κ1) is 14.8. The van der Waals surface area contributed by atoms with Crippen molar-refractivity contribution in [2.24, 2.45) is 5.10 Å². The van der Waals surface area contributed by atoms with Crippen LogP contribution < -0.4 is 0 Å². The Hall–Kier alpha value is -2.14. The second-order valence-electron chi connectivity index (χ2n) is 5.61. The van der Waals surface area contributed by atoms with Crippen molar-refractivity contribution in [3.63, 3.8) is 0 Å². The Morgan fingerprint density at radius 1 is 1.23 bits per heavy atom. The van der Waals surface area contributed by atoms with Gasteiger partial charge in [0, 0.05) is 32.4 Å². The molecule has 22 heavy (non-hydrogen) atoms. The van der Waals surface area contributed by atoms with E-state index in [0.717, 1.165) is 22.6 Å². The van der Waals surface area contributed by atoms with Crippen molar-refractivity contribution < 1.29 is 4.79 Å². The highest BCUT2D eigenvalue weighted by Crippen LogP contribution is 2.35. The predicted molar refractivity (Wildman–Crippen MR) is 90.4 cm³/mol. The van der Waals surface area contributed by atoms with Crippen LogP contribution in [-0.2, 0) is 0 Å². The van der Waals surface area contributed by atoms with Crippen LogP contribution in [0.25, 0.3) is 0 Å². The second kappa shape index (κ2) is 5.93. The van der Waals surface area contributed by atoms with Gasteiger partial charge in [-0.3, -0.25) is 9.80 Å². The molecule has 0 fully saturated rings. The molecule has 0 N–H and O–H groups in total. The van der Waals surface area contributed by atoms with Crippen LogP contribution in [0.5, 0.6) is 0 Å². The maximum Gasteiger partial charge on any atom is 0.263 e. The summed E-state index contributed by atoms with van der Waals surface area (Å²) in [5.74, 6) is 0.0566. The summed E-state index contributed by atoms with van der Waals surface area (Å²) >= 11 is 1.56. The summed E-state index contributed by atoms with van der Waals surface area (Å²) in [6.45, 7) is 0. The summed E-state index contributed by atoms with van der Waals surface area (Å²) in [5.41, 5.74) is 2.26. The van der Waals surface area contributed by atoms with Crippen LogP contribution in [-0.4, -0.2) is 42.7 Å². The highest BCUT2D eigenvalue weighted by Gasteiger charge is 2.28. The van der Waals surface area contributed by atoms with E-state index >= 15 is 0 Å². The van der Waals surface area contributed by atoms with Crippen LogP contribution in [0, 0.1) is 0 Å². The van der Waals surface area contributed by atoms with Crippen LogP contribution >= 0.6 is 11.3 Å². The lowest BCUT2D eigenvalue weighted by Crippen LogP contribution is -2.20. The Bertz CT molecular complexity index is 706. The molecule has 1 aromatic carbocycles. The molecule has 0 spiro atoms. The Labute approximate surface area is 134 Å². The summed E-state index contributed by atoms with van der Waals surface area (Å²) in [5, 5.41) is 6.67. The van der Waals surface area contributed by atoms with Gasteiger partial charge in [-0.2, -0.15) is 5.10 Å².